The van der Waals surface area contributed by atoms with E-state index in [9.17, 15) is 4.79 Å². The van der Waals surface area contributed by atoms with Crippen molar-refractivity contribution in [2.24, 2.45) is 0 Å². The van der Waals surface area contributed by atoms with Crippen molar-refractivity contribution >= 4 is 11.6 Å². The number of hydrogen-bond acceptors (Lipinski definition) is 5. The molecule has 0 aliphatic heterocycles. The third kappa shape index (κ3) is 4.09. The number of benzene rings is 1. The van der Waals surface area contributed by atoms with Gasteiger partial charge in [-0.2, -0.15) is 4.98 Å². The molecule has 3 heterocycles. The Morgan fingerprint density at radius 3 is 2.63 bits per heavy atom. The van der Waals surface area contributed by atoms with E-state index in [2.05, 4.69) is 20.4 Å². The smallest absolute Gasteiger partial charge is 0.244 e. The fourth-order valence-corrected chi connectivity index (χ4v) is 2.74. The number of carbonyl (C=O) groups is 1. The Morgan fingerprint density at radius 1 is 1.04 bits per heavy atom. The van der Waals surface area contributed by atoms with Gasteiger partial charge in [-0.05, 0) is 35.9 Å². The van der Waals surface area contributed by atoms with Crippen LogP contribution in [-0.2, 0) is 17.8 Å². The number of para-hydroxylation sites is 1. The molecule has 1 amide bonds. The Kier molecular flexibility index (Phi) is 4.74. The van der Waals surface area contributed by atoms with Crippen molar-refractivity contribution in [3.05, 3.63) is 84.8 Å². The number of aromatic nitrogens is 4. The topological polar surface area (TPSA) is 85.8 Å². The molecule has 0 unspecified atom stereocenters. The van der Waals surface area contributed by atoms with Crippen LogP contribution < -0.4 is 5.32 Å². The summed E-state index contributed by atoms with van der Waals surface area (Å²) in [4.78, 5) is 20.7. The van der Waals surface area contributed by atoms with Gasteiger partial charge in [0.2, 0.25) is 17.6 Å². The normalized spacial score (nSPS) is 10.7. The molecule has 1 N–H and O–H groups in total. The number of amides is 1. The van der Waals surface area contributed by atoms with E-state index in [1.165, 1.54) is 0 Å². The highest BCUT2D eigenvalue weighted by Crippen LogP contribution is 2.20. The molecule has 0 aliphatic rings. The molecule has 0 radical (unpaired) electrons. The third-order valence-corrected chi connectivity index (χ3v) is 4.03. The van der Waals surface area contributed by atoms with Crippen LogP contribution in [0.25, 0.3) is 11.4 Å². The minimum Gasteiger partial charge on any atom is -0.345 e. The van der Waals surface area contributed by atoms with Crippen molar-refractivity contribution in [3.8, 4) is 11.4 Å². The number of carbonyl (C=O) groups excluding carboxylic acids is 1. The Labute approximate surface area is 155 Å². The van der Waals surface area contributed by atoms with Crippen LogP contribution in [0.5, 0.6) is 0 Å². The number of hydrogen-bond donors (Lipinski definition) is 1. The quantitative estimate of drug-likeness (QED) is 0.571. The predicted octanol–water partition coefficient (Wildman–Crippen LogP) is 3.16. The van der Waals surface area contributed by atoms with Crippen LogP contribution in [0.3, 0.4) is 0 Å². The molecule has 0 saturated carbocycles. The summed E-state index contributed by atoms with van der Waals surface area (Å²) in [5.41, 5.74) is 2.48. The van der Waals surface area contributed by atoms with Crippen molar-refractivity contribution in [1.82, 2.24) is 19.7 Å². The van der Waals surface area contributed by atoms with E-state index in [0.29, 0.717) is 18.1 Å². The van der Waals surface area contributed by atoms with Gasteiger partial charge >= 0.3 is 0 Å². The van der Waals surface area contributed by atoms with Crippen LogP contribution >= 0.6 is 0 Å². The van der Waals surface area contributed by atoms with Crippen LogP contribution in [0.15, 0.2) is 77.8 Å². The monoisotopic (exact) mass is 359 g/mol. The summed E-state index contributed by atoms with van der Waals surface area (Å²) in [6.07, 6.45) is 7.50. The maximum Gasteiger partial charge on any atom is 0.244 e. The van der Waals surface area contributed by atoms with Crippen molar-refractivity contribution in [2.75, 3.05) is 5.32 Å². The first-order valence-corrected chi connectivity index (χ1v) is 8.49. The first kappa shape index (κ1) is 16.7. The molecule has 0 bridgehead atoms. The van der Waals surface area contributed by atoms with Crippen LogP contribution in [0.1, 0.15) is 11.5 Å². The van der Waals surface area contributed by atoms with Gasteiger partial charge in [0.25, 0.3) is 0 Å². The van der Waals surface area contributed by atoms with Gasteiger partial charge in [0, 0.05) is 36.0 Å². The van der Waals surface area contributed by atoms with Gasteiger partial charge in [-0.25, -0.2) is 0 Å². The van der Waals surface area contributed by atoms with Gasteiger partial charge in [0.1, 0.15) is 6.54 Å². The van der Waals surface area contributed by atoms with Crippen molar-refractivity contribution in [2.45, 2.75) is 13.0 Å². The summed E-state index contributed by atoms with van der Waals surface area (Å²) >= 11 is 0. The van der Waals surface area contributed by atoms with Crippen LogP contribution in [0.2, 0.25) is 0 Å². The number of anilines is 1. The van der Waals surface area contributed by atoms with Crippen molar-refractivity contribution in [3.63, 3.8) is 0 Å². The molecule has 0 saturated heterocycles. The van der Waals surface area contributed by atoms with E-state index < -0.39 is 0 Å². The lowest BCUT2D eigenvalue weighted by Crippen LogP contribution is -2.18. The molecule has 0 atom stereocenters. The first-order chi connectivity index (χ1) is 13.3. The zero-order valence-electron chi connectivity index (χ0n) is 14.4. The van der Waals surface area contributed by atoms with Gasteiger partial charge in [-0.15, -0.1) is 0 Å². The van der Waals surface area contributed by atoms with E-state index in [1.54, 1.807) is 12.4 Å². The molecule has 0 aliphatic carbocycles. The summed E-state index contributed by atoms with van der Waals surface area (Å²) in [6.45, 7) is 0.258. The highest BCUT2D eigenvalue weighted by molar-refractivity contribution is 5.91. The molecule has 1 aromatic carbocycles. The maximum absolute atomic E-state index is 12.3. The molecule has 3 aromatic heterocycles. The summed E-state index contributed by atoms with van der Waals surface area (Å²) < 4.78 is 7.19. The number of pyridine rings is 1. The SMILES string of the molecule is O=C(Cn1cccc1)Nc1ccccc1Cc1nc(-c2ccncc2)no1. The van der Waals surface area contributed by atoms with Crippen molar-refractivity contribution < 1.29 is 9.32 Å². The van der Waals surface area contributed by atoms with Crippen LogP contribution in [0.4, 0.5) is 5.69 Å². The summed E-state index contributed by atoms with van der Waals surface area (Å²) in [5, 5.41) is 6.97. The Morgan fingerprint density at radius 2 is 1.81 bits per heavy atom. The number of nitrogens with one attached hydrogen (secondary N) is 1. The van der Waals surface area contributed by atoms with Crippen LogP contribution in [-0.4, -0.2) is 25.6 Å². The molecule has 7 nitrogen and oxygen atoms in total. The Balaban J connectivity index is 1.48. The Bertz CT molecular complexity index is 1030. The molecular formula is C20H17N5O2. The van der Waals surface area contributed by atoms with E-state index >= 15 is 0 Å². The lowest BCUT2D eigenvalue weighted by atomic mass is 10.1. The van der Waals surface area contributed by atoms with E-state index in [4.69, 9.17) is 4.52 Å². The number of nitrogens with zero attached hydrogens (tertiary/aromatic N) is 4. The fraction of sp³-hybridized carbons (Fsp3) is 0.100. The lowest BCUT2D eigenvalue weighted by molar-refractivity contribution is -0.116. The third-order valence-electron chi connectivity index (χ3n) is 4.03. The number of rotatable bonds is 6. The zero-order valence-corrected chi connectivity index (χ0v) is 14.4. The van der Waals surface area contributed by atoms with Gasteiger partial charge in [-0.3, -0.25) is 9.78 Å². The molecule has 0 fully saturated rings. The molecule has 4 rings (SSSR count). The van der Waals surface area contributed by atoms with E-state index in [0.717, 1.165) is 16.8 Å². The second-order valence-electron chi connectivity index (χ2n) is 5.99. The fourth-order valence-electron chi connectivity index (χ4n) is 2.74. The predicted molar refractivity (Wildman–Crippen MR) is 99.8 cm³/mol. The molecule has 0 spiro atoms. The summed E-state index contributed by atoms with van der Waals surface area (Å²) in [7, 11) is 0. The second-order valence-corrected chi connectivity index (χ2v) is 5.99. The molecule has 4 aromatic rings. The largest absolute Gasteiger partial charge is 0.345 e. The van der Waals surface area contributed by atoms with Gasteiger partial charge < -0.3 is 14.4 Å². The maximum atomic E-state index is 12.3. The standard InChI is InChI=1S/C20H17N5O2/c26-18(14-25-11-3-4-12-25)22-17-6-2-1-5-16(17)13-19-23-20(24-27-19)15-7-9-21-10-8-15/h1-12H,13-14H2,(H,22,26). The molecule has 27 heavy (non-hydrogen) atoms. The second kappa shape index (κ2) is 7.65. The van der Waals surface area contributed by atoms with Crippen LogP contribution in [0, 0.1) is 0 Å². The van der Waals surface area contributed by atoms with E-state index in [-0.39, 0.29) is 12.5 Å². The highest BCUT2D eigenvalue weighted by Gasteiger charge is 2.12. The lowest BCUT2D eigenvalue weighted by Gasteiger charge is -2.10. The van der Waals surface area contributed by atoms with Gasteiger partial charge in [-0.1, -0.05) is 23.4 Å². The summed E-state index contributed by atoms with van der Waals surface area (Å²) in [6, 6.07) is 15.0. The highest BCUT2D eigenvalue weighted by atomic mass is 16.5. The minimum absolute atomic E-state index is 0.0957. The average molecular weight is 359 g/mol. The summed E-state index contributed by atoms with van der Waals surface area (Å²) in [5.74, 6) is 0.900. The molecule has 134 valence electrons. The van der Waals surface area contributed by atoms with Crippen molar-refractivity contribution in [1.29, 1.82) is 0 Å². The average Bonchev–Trinajstić information content (AvgIpc) is 3.36. The Hall–Kier alpha value is -3.74. The van der Waals surface area contributed by atoms with Gasteiger partial charge in [0.15, 0.2) is 0 Å². The minimum atomic E-state index is -0.0957. The first-order valence-electron chi connectivity index (χ1n) is 8.49. The van der Waals surface area contributed by atoms with E-state index in [1.807, 2.05) is 65.5 Å². The molecule has 7 heteroatoms. The van der Waals surface area contributed by atoms with Gasteiger partial charge in [0.05, 0.1) is 6.42 Å². The zero-order chi connectivity index (χ0) is 18.5. The molecular weight excluding hydrogens is 342 g/mol.